The lowest BCUT2D eigenvalue weighted by molar-refractivity contribution is 0.0697. The molecule has 0 amide bonds. The number of benzene rings is 1. The molecule has 0 aliphatic heterocycles. The zero-order valence-electron chi connectivity index (χ0n) is 10.9. The second-order valence-corrected chi connectivity index (χ2v) is 5.06. The molecule has 0 unspecified atom stereocenters. The topological polar surface area (TPSA) is 40.5 Å². The fourth-order valence-corrected chi connectivity index (χ4v) is 2.18. The Morgan fingerprint density at radius 1 is 1.33 bits per heavy atom. The Balaban J connectivity index is 1.95. The van der Waals surface area contributed by atoms with E-state index in [0.29, 0.717) is 5.56 Å². The third kappa shape index (κ3) is 3.57. The van der Waals surface area contributed by atoms with Gasteiger partial charge in [-0.05, 0) is 43.5 Å². The van der Waals surface area contributed by atoms with Crippen molar-refractivity contribution in [3.63, 3.8) is 0 Å². The van der Waals surface area contributed by atoms with Gasteiger partial charge in [-0.2, -0.15) is 0 Å². The van der Waals surface area contributed by atoms with Crippen molar-refractivity contribution in [2.24, 2.45) is 0 Å². The highest BCUT2D eigenvalue weighted by molar-refractivity contribution is 5.87. The van der Waals surface area contributed by atoms with Crippen LogP contribution in [0.5, 0.6) is 0 Å². The summed E-state index contributed by atoms with van der Waals surface area (Å²) in [7, 11) is 0. The van der Waals surface area contributed by atoms with E-state index in [2.05, 4.69) is 11.8 Å². The molecular formula is C15H21NO2. The Morgan fingerprint density at radius 2 is 2.00 bits per heavy atom. The van der Waals surface area contributed by atoms with Crippen molar-refractivity contribution in [1.82, 2.24) is 4.90 Å². The van der Waals surface area contributed by atoms with E-state index >= 15 is 0 Å². The number of nitrogens with zero attached hydrogens (tertiary/aromatic N) is 1. The highest BCUT2D eigenvalue weighted by atomic mass is 16.4. The van der Waals surface area contributed by atoms with Crippen molar-refractivity contribution >= 4 is 5.97 Å². The summed E-state index contributed by atoms with van der Waals surface area (Å²) in [5.41, 5.74) is 1.58. The summed E-state index contributed by atoms with van der Waals surface area (Å²) >= 11 is 0. The van der Waals surface area contributed by atoms with Crippen molar-refractivity contribution in [2.75, 3.05) is 6.54 Å². The average molecular weight is 247 g/mol. The number of hydrogen-bond acceptors (Lipinski definition) is 2. The van der Waals surface area contributed by atoms with E-state index in [1.54, 1.807) is 12.1 Å². The van der Waals surface area contributed by atoms with Crippen LogP contribution in [0.2, 0.25) is 0 Å². The standard InChI is InChI=1S/C15H21NO2/c1-2-3-10-16(14-8-9-14)11-12-4-6-13(7-5-12)15(17)18/h4-7,14H,2-3,8-11H2,1H3,(H,17,18). The molecule has 0 spiro atoms. The summed E-state index contributed by atoms with van der Waals surface area (Å²) in [5.74, 6) is -0.855. The lowest BCUT2D eigenvalue weighted by Gasteiger charge is -2.21. The van der Waals surface area contributed by atoms with Gasteiger partial charge in [-0.15, -0.1) is 0 Å². The molecule has 0 radical (unpaired) electrons. The molecule has 1 aliphatic carbocycles. The second kappa shape index (κ2) is 6.01. The number of carboxylic acid groups (broad SMARTS) is 1. The Morgan fingerprint density at radius 3 is 2.50 bits per heavy atom. The largest absolute Gasteiger partial charge is 0.478 e. The van der Waals surface area contributed by atoms with Gasteiger partial charge >= 0.3 is 5.97 Å². The third-order valence-corrected chi connectivity index (χ3v) is 3.45. The first-order valence-electron chi connectivity index (χ1n) is 6.77. The van der Waals surface area contributed by atoms with Gasteiger partial charge in [0, 0.05) is 12.6 Å². The van der Waals surface area contributed by atoms with Crippen molar-refractivity contribution < 1.29 is 9.90 Å². The molecule has 0 aromatic heterocycles. The van der Waals surface area contributed by atoms with Crippen LogP contribution < -0.4 is 0 Å². The van der Waals surface area contributed by atoms with Gasteiger partial charge in [-0.25, -0.2) is 4.79 Å². The number of rotatable bonds is 7. The van der Waals surface area contributed by atoms with Crippen LogP contribution in [0.4, 0.5) is 0 Å². The van der Waals surface area contributed by atoms with Crippen LogP contribution in [0.25, 0.3) is 0 Å². The Hall–Kier alpha value is -1.35. The van der Waals surface area contributed by atoms with Crippen LogP contribution >= 0.6 is 0 Å². The van der Waals surface area contributed by atoms with Gasteiger partial charge < -0.3 is 5.11 Å². The summed E-state index contributed by atoms with van der Waals surface area (Å²) in [6.07, 6.45) is 5.10. The minimum Gasteiger partial charge on any atom is -0.478 e. The van der Waals surface area contributed by atoms with E-state index < -0.39 is 5.97 Å². The lowest BCUT2D eigenvalue weighted by atomic mass is 10.1. The second-order valence-electron chi connectivity index (χ2n) is 5.06. The molecule has 1 fully saturated rings. The van der Waals surface area contributed by atoms with Crippen molar-refractivity contribution in [1.29, 1.82) is 0 Å². The fraction of sp³-hybridized carbons (Fsp3) is 0.533. The van der Waals surface area contributed by atoms with E-state index in [9.17, 15) is 4.79 Å². The molecule has 1 N–H and O–H groups in total. The molecule has 1 aliphatic rings. The van der Waals surface area contributed by atoms with E-state index in [1.165, 1.54) is 31.2 Å². The number of carbonyl (C=O) groups is 1. The van der Waals surface area contributed by atoms with Crippen LogP contribution in [0.3, 0.4) is 0 Å². The number of carboxylic acids is 1. The van der Waals surface area contributed by atoms with Crippen LogP contribution in [0.15, 0.2) is 24.3 Å². The zero-order valence-corrected chi connectivity index (χ0v) is 10.9. The van der Waals surface area contributed by atoms with Gasteiger partial charge in [0.25, 0.3) is 0 Å². The molecular weight excluding hydrogens is 226 g/mol. The van der Waals surface area contributed by atoms with E-state index in [1.807, 2.05) is 12.1 Å². The highest BCUT2D eigenvalue weighted by Crippen LogP contribution is 2.28. The maximum Gasteiger partial charge on any atom is 0.335 e. The van der Waals surface area contributed by atoms with Crippen LogP contribution in [0, 0.1) is 0 Å². The van der Waals surface area contributed by atoms with Gasteiger partial charge in [0.05, 0.1) is 5.56 Å². The maximum absolute atomic E-state index is 10.8. The molecule has 18 heavy (non-hydrogen) atoms. The summed E-state index contributed by atoms with van der Waals surface area (Å²) in [6.45, 7) is 4.32. The van der Waals surface area contributed by atoms with Crippen LogP contribution in [-0.2, 0) is 6.54 Å². The van der Waals surface area contributed by atoms with Crippen molar-refractivity contribution in [3.8, 4) is 0 Å². The van der Waals surface area contributed by atoms with Gasteiger partial charge in [0.1, 0.15) is 0 Å². The fourth-order valence-electron chi connectivity index (χ4n) is 2.18. The van der Waals surface area contributed by atoms with E-state index in [4.69, 9.17) is 5.11 Å². The first-order valence-corrected chi connectivity index (χ1v) is 6.77. The molecule has 1 aromatic carbocycles. The van der Waals surface area contributed by atoms with Gasteiger partial charge in [-0.3, -0.25) is 4.90 Å². The molecule has 1 saturated carbocycles. The molecule has 1 aromatic rings. The van der Waals surface area contributed by atoms with E-state index in [-0.39, 0.29) is 0 Å². The van der Waals surface area contributed by atoms with Gasteiger partial charge in [-0.1, -0.05) is 25.5 Å². The molecule has 3 heteroatoms. The molecule has 0 saturated heterocycles. The normalized spacial score (nSPS) is 15.0. The predicted molar refractivity (Wildman–Crippen MR) is 71.7 cm³/mol. The van der Waals surface area contributed by atoms with Gasteiger partial charge in [0.15, 0.2) is 0 Å². The zero-order chi connectivity index (χ0) is 13.0. The Bertz CT molecular complexity index is 395. The summed E-state index contributed by atoms with van der Waals surface area (Å²) in [4.78, 5) is 13.3. The smallest absolute Gasteiger partial charge is 0.335 e. The molecule has 98 valence electrons. The number of hydrogen-bond donors (Lipinski definition) is 1. The lowest BCUT2D eigenvalue weighted by Crippen LogP contribution is -2.26. The quantitative estimate of drug-likeness (QED) is 0.804. The average Bonchev–Trinajstić information content (AvgIpc) is 3.19. The Kier molecular flexibility index (Phi) is 4.37. The minimum atomic E-state index is -0.855. The Labute approximate surface area is 108 Å². The van der Waals surface area contributed by atoms with E-state index in [0.717, 1.165) is 19.1 Å². The molecule has 0 atom stereocenters. The first-order chi connectivity index (χ1) is 8.70. The number of unbranched alkanes of at least 4 members (excludes halogenated alkanes) is 1. The molecule has 0 bridgehead atoms. The van der Waals surface area contributed by atoms with Crippen LogP contribution in [0.1, 0.15) is 48.5 Å². The minimum absolute atomic E-state index is 0.366. The summed E-state index contributed by atoms with van der Waals surface area (Å²) in [5, 5.41) is 8.86. The SMILES string of the molecule is CCCCN(Cc1ccc(C(=O)O)cc1)C1CC1. The number of aromatic carboxylic acids is 1. The molecule has 2 rings (SSSR count). The van der Waals surface area contributed by atoms with Crippen LogP contribution in [-0.4, -0.2) is 28.6 Å². The first kappa shape index (κ1) is 13.1. The molecule has 0 heterocycles. The van der Waals surface area contributed by atoms with Crippen molar-refractivity contribution in [2.45, 2.75) is 45.2 Å². The maximum atomic E-state index is 10.8. The summed E-state index contributed by atoms with van der Waals surface area (Å²) in [6, 6.07) is 8.02. The monoisotopic (exact) mass is 247 g/mol. The third-order valence-electron chi connectivity index (χ3n) is 3.45. The summed E-state index contributed by atoms with van der Waals surface area (Å²) < 4.78 is 0. The van der Waals surface area contributed by atoms with Crippen molar-refractivity contribution in [3.05, 3.63) is 35.4 Å². The predicted octanol–water partition coefficient (Wildman–Crippen LogP) is 3.15. The highest BCUT2D eigenvalue weighted by Gasteiger charge is 2.28. The molecule has 3 nitrogen and oxygen atoms in total. The van der Waals surface area contributed by atoms with Gasteiger partial charge in [0.2, 0.25) is 0 Å².